The van der Waals surface area contributed by atoms with Crippen molar-refractivity contribution in [2.75, 3.05) is 5.32 Å². The van der Waals surface area contributed by atoms with Crippen molar-refractivity contribution >= 4 is 11.6 Å². The summed E-state index contributed by atoms with van der Waals surface area (Å²) in [6.07, 6.45) is 0.0991. The monoisotopic (exact) mass is 377 g/mol. The fourth-order valence-electron chi connectivity index (χ4n) is 3.07. The van der Waals surface area contributed by atoms with Gasteiger partial charge in [-0.25, -0.2) is 4.99 Å². The van der Waals surface area contributed by atoms with Crippen LogP contribution in [0.2, 0.25) is 0 Å². The standard InChI is InChI=1S/C20H22F3N3O/c21-20(22,23)15-10-8-14(9-11-15)13-24-19(25-16-4-1-2-5-16)26-17-6-3-7-18(27)12-17/h3,6-12,16,27H,1-2,4-5,13H2,(H2,24,25,26). The van der Waals surface area contributed by atoms with Crippen LogP contribution in [0.1, 0.15) is 36.8 Å². The highest BCUT2D eigenvalue weighted by Crippen LogP contribution is 2.29. The molecule has 2 aromatic carbocycles. The van der Waals surface area contributed by atoms with Crippen molar-refractivity contribution in [3.05, 3.63) is 59.7 Å². The van der Waals surface area contributed by atoms with Crippen molar-refractivity contribution in [2.24, 2.45) is 4.99 Å². The number of benzene rings is 2. The molecule has 2 aromatic rings. The Morgan fingerprint density at radius 2 is 1.78 bits per heavy atom. The number of nitrogens with one attached hydrogen (secondary N) is 2. The highest BCUT2D eigenvalue weighted by molar-refractivity contribution is 5.94. The number of guanidine groups is 1. The summed E-state index contributed by atoms with van der Waals surface area (Å²) >= 11 is 0. The number of nitrogens with zero attached hydrogens (tertiary/aromatic N) is 1. The quantitative estimate of drug-likeness (QED) is 0.524. The zero-order valence-electron chi connectivity index (χ0n) is 14.8. The first-order valence-electron chi connectivity index (χ1n) is 8.93. The third-order valence-electron chi connectivity index (χ3n) is 4.51. The van der Waals surface area contributed by atoms with E-state index in [9.17, 15) is 18.3 Å². The Kier molecular flexibility index (Phi) is 5.88. The lowest BCUT2D eigenvalue weighted by Crippen LogP contribution is -2.37. The summed E-state index contributed by atoms with van der Waals surface area (Å²) in [5, 5.41) is 16.1. The minimum Gasteiger partial charge on any atom is -0.508 e. The van der Waals surface area contributed by atoms with Crippen LogP contribution in [-0.4, -0.2) is 17.1 Å². The lowest BCUT2D eigenvalue weighted by molar-refractivity contribution is -0.137. The van der Waals surface area contributed by atoms with Crippen molar-refractivity contribution in [2.45, 2.75) is 44.4 Å². The fourth-order valence-corrected chi connectivity index (χ4v) is 3.07. The van der Waals surface area contributed by atoms with Gasteiger partial charge < -0.3 is 15.7 Å². The van der Waals surface area contributed by atoms with Crippen molar-refractivity contribution in [3.63, 3.8) is 0 Å². The van der Waals surface area contributed by atoms with Gasteiger partial charge in [-0.2, -0.15) is 13.2 Å². The molecule has 1 aliphatic carbocycles. The van der Waals surface area contributed by atoms with Gasteiger partial charge in [0.05, 0.1) is 12.1 Å². The lowest BCUT2D eigenvalue weighted by atomic mass is 10.1. The number of phenolic OH excluding ortho intramolecular Hbond substituents is 1. The number of phenols is 1. The second-order valence-electron chi connectivity index (χ2n) is 6.66. The van der Waals surface area contributed by atoms with Crippen LogP contribution < -0.4 is 10.6 Å². The number of hydrogen-bond acceptors (Lipinski definition) is 2. The van der Waals surface area contributed by atoms with Crippen LogP contribution in [0, 0.1) is 0 Å². The summed E-state index contributed by atoms with van der Waals surface area (Å²) in [5.41, 5.74) is 0.704. The highest BCUT2D eigenvalue weighted by Gasteiger charge is 2.29. The summed E-state index contributed by atoms with van der Waals surface area (Å²) in [4.78, 5) is 4.51. The smallest absolute Gasteiger partial charge is 0.416 e. The van der Waals surface area contributed by atoms with Crippen LogP contribution in [0.25, 0.3) is 0 Å². The molecule has 0 unspecified atom stereocenters. The topological polar surface area (TPSA) is 56.6 Å². The van der Waals surface area contributed by atoms with Gasteiger partial charge in [0.1, 0.15) is 5.75 Å². The third-order valence-corrected chi connectivity index (χ3v) is 4.51. The number of anilines is 1. The minimum absolute atomic E-state index is 0.142. The van der Waals surface area contributed by atoms with Crippen LogP contribution in [0.4, 0.5) is 18.9 Å². The molecule has 3 N–H and O–H groups in total. The van der Waals surface area contributed by atoms with Crippen molar-refractivity contribution < 1.29 is 18.3 Å². The van der Waals surface area contributed by atoms with Gasteiger partial charge in [0.25, 0.3) is 0 Å². The van der Waals surface area contributed by atoms with E-state index in [0.717, 1.165) is 37.8 Å². The Morgan fingerprint density at radius 1 is 1.07 bits per heavy atom. The molecule has 3 rings (SSSR count). The van der Waals surface area contributed by atoms with E-state index in [0.29, 0.717) is 23.3 Å². The van der Waals surface area contributed by atoms with E-state index >= 15 is 0 Å². The number of halogens is 3. The molecule has 1 aliphatic rings. The van der Waals surface area contributed by atoms with Crippen LogP contribution in [0.3, 0.4) is 0 Å². The van der Waals surface area contributed by atoms with Gasteiger partial charge in [-0.05, 0) is 42.7 Å². The molecular formula is C20H22F3N3O. The zero-order valence-corrected chi connectivity index (χ0v) is 14.8. The number of aliphatic imine (C=N–C) groups is 1. The van der Waals surface area contributed by atoms with Gasteiger partial charge in [0.2, 0.25) is 0 Å². The first-order valence-corrected chi connectivity index (χ1v) is 8.93. The van der Waals surface area contributed by atoms with E-state index in [-0.39, 0.29) is 12.3 Å². The second kappa shape index (κ2) is 8.33. The van der Waals surface area contributed by atoms with Gasteiger partial charge in [0, 0.05) is 17.8 Å². The summed E-state index contributed by atoms with van der Waals surface area (Å²) in [6, 6.07) is 12.0. The maximum absolute atomic E-state index is 12.7. The Labute approximate surface area is 156 Å². The van der Waals surface area contributed by atoms with Crippen LogP contribution in [-0.2, 0) is 12.7 Å². The summed E-state index contributed by atoms with van der Waals surface area (Å²) in [7, 11) is 0. The minimum atomic E-state index is -4.34. The molecule has 0 spiro atoms. The Bertz CT molecular complexity index is 782. The van der Waals surface area contributed by atoms with Crippen molar-refractivity contribution in [1.29, 1.82) is 0 Å². The molecule has 0 saturated heterocycles. The van der Waals surface area contributed by atoms with Gasteiger partial charge >= 0.3 is 6.18 Å². The average Bonchev–Trinajstić information content (AvgIpc) is 3.12. The van der Waals surface area contributed by atoms with Crippen LogP contribution in [0.15, 0.2) is 53.5 Å². The van der Waals surface area contributed by atoms with Crippen molar-refractivity contribution in [1.82, 2.24) is 5.32 Å². The van der Waals surface area contributed by atoms with E-state index in [1.54, 1.807) is 18.2 Å². The highest BCUT2D eigenvalue weighted by atomic mass is 19.4. The first kappa shape index (κ1) is 19.1. The number of rotatable bonds is 4. The summed E-state index contributed by atoms with van der Waals surface area (Å²) in [6.45, 7) is 0.249. The number of aromatic hydroxyl groups is 1. The van der Waals surface area contributed by atoms with Crippen LogP contribution in [0.5, 0.6) is 5.75 Å². The molecule has 0 atom stereocenters. The molecule has 1 saturated carbocycles. The molecule has 0 heterocycles. The van der Waals surface area contributed by atoms with E-state index in [1.807, 2.05) is 6.07 Å². The van der Waals surface area contributed by atoms with E-state index < -0.39 is 11.7 Å². The maximum Gasteiger partial charge on any atom is 0.416 e. The van der Waals surface area contributed by atoms with E-state index in [1.165, 1.54) is 12.1 Å². The maximum atomic E-state index is 12.7. The van der Waals surface area contributed by atoms with Crippen molar-refractivity contribution in [3.8, 4) is 5.75 Å². The van der Waals surface area contributed by atoms with E-state index in [2.05, 4.69) is 15.6 Å². The molecule has 144 valence electrons. The molecule has 7 heteroatoms. The first-order chi connectivity index (χ1) is 12.9. The number of alkyl halides is 3. The number of hydrogen-bond donors (Lipinski definition) is 3. The van der Waals surface area contributed by atoms with Gasteiger partial charge in [-0.15, -0.1) is 0 Å². The average molecular weight is 377 g/mol. The second-order valence-corrected chi connectivity index (χ2v) is 6.66. The largest absolute Gasteiger partial charge is 0.508 e. The SMILES string of the molecule is Oc1cccc(NC(=NCc2ccc(C(F)(F)F)cc2)NC2CCCC2)c1. The molecule has 4 nitrogen and oxygen atoms in total. The zero-order chi connectivity index (χ0) is 19.3. The van der Waals surface area contributed by atoms with Gasteiger partial charge in [0.15, 0.2) is 5.96 Å². The molecule has 0 bridgehead atoms. The molecule has 0 radical (unpaired) electrons. The van der Waals surface area contributed by atoms with Crippen LogP contribution >= 0.6 is 0 Å². The fraction of sp³-hybridized carbons (Fsp3) is 0.350. The Hall–Kier alpha value is -2.70. The summed E-state index contributed by atoms with van der Waals surface area (Å²) in [5.74, 6) is 0.690. The van der Waals surface area contributed by atoms with Gasteiger partial charge in [-0.3, -0.25) is 0 Å². The molecule has 27 heavy (non-hydrogen) atoms. The molecule has 0 aliphatic heterocycles. The molecular weight excluding hydrogens is 355 g/mol. The third kappa shape index (κ3) is 5.64. The predicted octanol–water partition coefficient (Wildman–Crippen LogP) is 4.91. The molecule has 0 aromatic heterocycles. The van der Waals surface area contributed by atoms with Gasteiger partial charge in [-0.1, -0.05) is 31.0 Å². The molecule has 1 fully saturated rings. The predicted molar refractivity (Wildman–Crippen MR) is 99.7 cm³/mol. The summed E-state index contributed by atoms with van der Waals surface area (Å²) < 4.78 is 38.0. The molecule has 0 amide bonds. The Balaban J connectivity index is 1.72. The Morgan fingerprint density at radius 3 is 2.41 bits per heavy atom. The lowest BCUT2D eigenvalue weighted by Gasteiger charge is -2.17. The van der Waals surface area contributed by atoms with E-state index in [4.69, 9.17) is 0 Å². The normalized spacial score (nSPS) is 15.7.